The van der Waals surface area contributed by atoms with Crippen LogP contribution in [0.4, 0.5) is 9.59 Å². The lowest BCUT2D eigenvalue weighted by Gasteiger charge is -2.26. The molecule has 1 aromatic carbocycles. The molecule has 1 aromatic rings. The molecule has 7 nitrogen and oxygen atoms in total. The summed E-state index contributed by atoms with van der Waals surface area (Å²) in [5.74, 6) is 0.433. The van der Waals surface area contributed by atoms with E-state index in [1.54, 1.807) is 20.8 Å². The van der Waals surface area contributed by atoms with Gasteiger partial charge in [-0.15, -0.1) is 11.8 Å². The highest BCUT2D eigenvalue weighted by atomic mass is 32.2. The molecule has 0 fully saturated rings. The van der Waals surface area contributed by atoms with Crippen molar-refractivity contribution < 1.29 is 28.9 Å². The first-order valence-electron chi connectivity index (χ1n) is 8.27. The van der Waals surface area contributed by atoms with E-state index in [1.807, 2.05) is 30.3 Å². The van der Waals surface area contributed by atoms with Gasteiger partial charge in [-0.3, -0.25) is 0 Å². The van der Waals surface area contributed by atoms with E-state index in [9.17, 15) is 14.7 Å². The van der Waals surface area contributed by atoms with Crippen LogP contribution in [0.3, 0.4) is 0 Å². The first-order valence-corrected chi connectivity index (χ1v) is 9.26. The maximum Gasteiger partial charge on any atom is 0.507 e. The summed E-state index contributed by atoms with van der Waals surface area (Å²) in [6.45, 7) is 5.28. The molecule has 0 aromatic heterocycles. The molecular formula is C18H27NO6S. The van der Waals surface area contributed by atoms with Crippen LogP contribution in [0.15, 0.2) is 35.2 Å². The molecule has 0 saturated heterocycles. The zero-order valence-corrected chi connectivity index (χ0v) is 16.4. The van der Waals surface area contributed by atoms with Gasteiger partial charge in [-0.2, -0.15) is 0 Å². The first-order chi connectivity index (χ1) is 12.2. The number of ether oxygens (including phenoxy) is 3. The number of methoxy groups -OCH3 is 1. The zero-order chi connectivity index (χ0) is 19.6. The summed E-state index contributed by atoms with van der Waals surface area (Å²) >= 11 is 1.50. The van der Waals surface area contributed by atoms with Crippen LogP contribution in [0.2, 0.25) is 0 Å². The monoisotopic (exact) mass is 385 g/mol. The Morgan fingerprint density at radius 1 is 1.23 bits per heavy atom. The minimum Gasteiger partial charge on any atom is -0.444 e. The maximum atomic E-state index is 12.1. The summed E-state index contributed by atoms with van der Waals surface area (Å²) in [4.78, 5) is 24.1. The second-order valence-electron chi connectivity index (χ2n) is 6.54. The van der Waals surface area contributed by atoms with Crippen LogP contribution < -0.4 is 5.32 Å². The quantitative estimate of drug-likeness (QED) is 0.524. The first kappa shape index (κ1) is 22.1. The number of thioether (sulfide) groups is 1. The molecule has 2 N–H and O–H groups in total. The molecule has 26 heavy (non-hydrogen) atoms. The van der Waals surface area contributed by atoms with Gasteiger partial charge in [0.15, 0.2) is 0 Å². The van der Waals surface area contributed by atoms with Gasteiger partial charge in [-0.25, -0.2) is 9.59 Å². The molecule has 8 heteroatoms. The standard InChI is InChI=1S/C18H27NO6S/c1-18(2,3)25-16(21)19-14(12-26-13-8-6-5-7-9-13)15(20)10-11-24-17(22)23-4/h5-9,14-15,20H,10-12H2,1-4H3,(H,19,21). The molecule has 2 unspecified atom stereocenters. The minimum absolute atomic E-state index is 0.0175. The fourth-order valence-corrected chi connectivity index (χ4v) is 2.96. The van der Waals surface area contributed by atoms with Crippen molar-refractivity contribution in [1.29, 1.82) is 0 Å². The fourth-order valence-electron chi connectivity index (χ4n) is 1.93. The van der Waals surface area contributed by atoms with Crippen molar-refractivity contribution in [3.05, 3.63) is 30.3 Å². The Bertz CT molecular complexity index is 561. The maximum absolute atomic E-state index is 12.1. The lowest BCUT2D eigenvalue weighted by Crippen LogP contribution is -2.47. The smallest absolute Gasteiger partial charge is 0.444 e. The summed E-state index contributed by atoms with van der Waals surface area (Å²) in [5.41, 5.74) is -0.639. The van der Waals surface area contributed by atoms with E-state index in [4.69, 9.17) is 9.47 Å². The van der Waals surface area contributed by atoms with Crippen LogP contribution in [0, 0.1) is 0 Å². The van der Waals surface area contributed by atoms with Crippen molar-refractivity contribution in [3.63, 3.8) is 0 Å². The Morgan fingerprint density at radius 3 is 2.46 bits per heavy atom. The van der Waals surface area contributed by atoms with Crippen LogP contribution in [0.25, 0.3) is 0 Å². The van der Waals surface area contributed by atoms with Gasteiger partial charge in [-0.1, -0.05) is 18.2 Å². The average molecular weight is 385 g/mol. The van der Waals surface area contributed by atoms with Crippen LogP contribution >= 0.6 is 11.8 Å². The lowest BCUT2D eigenvalue weighted by atomic mass is 10.1. The average Bonchev–Trinajstić information content (AvgIpc) is 2.57. The summed E-state index contributed by atoms with van der Waals surface area (Å²) in [6, 6.07) is 9.07. The van der Waals surface area contributed by atoms with E-state index in [1.165, 1.54) is 18.9 Å². The third kappa shape index (κ3) is 9.53. The number of alkyl carbamates (subject to hydrolysis) is 1. The summed E-state index contributed by atoms with van der Waals surface area (Å²) in [7, 11) is 1.21. The number of aliphatic hydroxyl groups excluding tert-OH is 1. The summed E-state index contributed by atoms with van der Waals surface area (Å²) in [5, 5.41) is 13.1. The number of amides is 1. The number of hydrogen-bond donors (Lipinski definition) is 2. The van der Waals surface area contributed by atoms with Gasteiger partial charge in [0, 0.05) is 17.1 Å². The van der Waals surface area contributed by atoms with Gasteiger partial charge < -0.3 is 24.6 Å². The molecule has 0 aliphatic carbocycles. The second-order valence-corrected chi connectivity index (χ2v) is 7.63. The Kier molecular flexibility index (Phi) is 9.29. The van der Waals surface area contributed by atoms with Gasteiger partial charge in [-0.05, 0) is 32.9 Å². The Balaban J connectivity index is 2.63. The minimum atomic E-state index is -0.914. The predicted octanol–water partition coefficient (Wildman–Crippen LogP) is 3.21. The van der Waals surface area contributed by atoms with E-state index in [-0.39, 0.29) is 13.0 Å². The van der Waals surface area contributed by atoms with Crippen molar-refractivity contribution >= 4 is 24.0 Å². The highest BCUT2D eigenvalue weighted by Crippen LogP contribution is 2.20. The Labute approximate surface area is 158 Å². The van der Waals surface area contributed by atoms with Crippen LogP contribution in [0.1, 0.15) is 27.2 Å². The van der Waals surface area contributed by atoms with E-state index in [0.717, 1.165) is 4.90 Å². The summed E-state index contributed by atoms with van der Waals surface area (Å²) < 4.78 is 14.4. The molecule has 0 radical (unpaired) electrons. The Hall–Kier alpha value is -1.93. The number of hydrogen-bond acceptors (Lipinski definition) is 7. The third-order valence-electron chi connectivity index (χ3n) is 3.14. The molecule has 146 valence electrons. The van der Waals surface area contributed by atoms with E-state index in [2.05, 4.69) is 10.1 Å². The second kappa shape index (κ2) is 10.9. The van der Waals surface area contributed by atoms with Gasteiger partial charge in [0.05, 0.1) is 25.9 Å². The molecule has 0 aliphatic heterocycles. The van der Waals surface area contributed by atoms with Crippen molar-refractivity contribution in [1.82, 2.24) is 5.32 Å². The highest BCUT2D eigenvalue weighted by Gasteiger charge is 2.25. The largest absolute Gasteiger partial charge is 0.507 e. The highest BCUT2D eigenvalue weighted by molar-refractivity contribution is 7.99. The van der Waals surface area contributed by atoms with Gasteiger partial charge >= 0.3 is 12.2 Å². The molecule has 0 spiro atoms. The van der Waals surface area contributed by atoms with Crippen LogP contribution in [-0.2, 0) is 14.2 Å². The number of carbonyl (C=O) groups excluding carboxylic acids is 2. The molecule has 0 saturated carbocycles. The topological polar surface area (TPSA) is 94.1 Å². The Morgan fingerprint density at radius 2 is 1.88 bits per heavy atom. The van der Waals surface area contributed by atoms with Crippen LogP contribution in [0.5, 0.6) is 0 Å². The van der Waals surface area contributed by atoms with Crippen molar-refractivity contribution in [2.75, 3.05) is 19.5 Å². The molecular weight excluding hydrogens is 358 g/mol. The molecule has 0 bridgehead atoms. The number of benzene rings is 1. The van der Waals surface area contributed by atoms with Crippen molar-refractivity contribution in [2.24, 2.45) is 0 Å². The molecule has 0 aliphatic rings. The zero-order valence-electron chi connectivity index (χ0n) is 15.6. The summed E-state index contributed by atoms with van der Waals surface area (Å²) in [6.07, 6.45) is -2.18. The van der Waals surface area contributed by atoms with Crippen molar-refractivity contribution in [3.8, 4) is 0 Å². The number of rotatable bonds is 8. The van der Waals surface area contributed by atoms with Gasteiger partial charge in [0.2, 0.25) is 0 Å². The normalized spacial score (nSPS) is 13.4. The van der Waals surface area contributed by atoms with Gasteiger partial charge in [0.1, 0.15) is 5.60 Å². The predicted molar refractivity (Wildman–Crippen MR) is 99.3 cm³/mol. The fraction of sp³-hybridized carbons (Fsp3) is 0.556. The molecule has 2 atom stereocenters. The number of nitrogens with one attached hydrogen (secondary N) is 1. The van der Waals surface area contributed by atoms with Crippen LogP contribution in [-0.4, -0.2) is 54.6 Å². The third-order valence-corrected chi connectivity index (χ3v) is 4.27. The van der Waals surface area contributed by atoms with E-state index in [0.29, 0.717) is 5.75 Å². The molecule has 0 heterocycles. The SMILES string of the molecule is COC(=O)OCCC(O)C(CSc1ccccc1)NC(=O)OC(C)(C)C. The lowest BCUT2D eigenvalue weighted by molar-refractivity contribution is 0.0345. The van der Waals surface area contributed by atoms with Crippen molar-refractivity contribution in [2.45, 2.75) is 49.8 Å². The molecule has 1 amide bonds. The molecule has 1 rings (SSSR count). The van der Waals surface area contributed by atoms with Gasteiger partial charge in [0.25, 0.3) is 0 Å². The van der Waals surface area contributed by atoms with E-state index >= 15 is 0 Å². The number of carbonyl (C=O) groups is 2. The van der Waals surface area contributed by atoms with E-state index < -0.39 is 30.0 Å². The number of aliphatic hydroxyl groups is 1.